The van der Waals surface area contributed by atoms with E-state index in [-0.39, 0.29) is 11.0 Å². The van der Waals surface area contributed by atoms with E-state index in [1.807, 2.05) is 0 Å². The van der Waals surface area contributed by atoms with Gasteiger partial charge in [-0.3, -0.25) is 4.79 Å². The van der Waals surface area contributed by atoms with Gasteiger partial charge in [0.25, 0.3) is 5.91 Å². The summed E-state index contributed by atoms with van der Waals surface area (Å²) in [4.78, 5) is 21.3. The Balaban J connectivity index is 1.72. The third-order valence-corrected chi connectivity index (χ3v) is 5.91. The van der Waals surface area contributed by atoms with Gasteiger partial charge < -0.3 is 15.5 Å². The first-order chi connectivity index (χ1) is 10.9. The summed E-state index contributed by atoms with van der Waals surface area (Å²) >= 11 is 0. The highest BCUT2D eigenvalue weighted by molar-refractivity contribution is 6.09. The third kappa shape index (κ3) is 1.72. The number of fused-ring (bicyclic) bond motifs is 1. The van der Waals surface area contributed by atoms with Crippen molar-refractivity contribution in [2.45, 2.75) is 56.9 Å². The van der Waals surface area contributed by atoms with Gasteiger partial charge in [0.05, 0.1) is 10.9 Å². The van der Waals surface area contributed by atoms with E-state index in [0.717, 1.165) is 24.6 Å². The lowest BCUT2D eigenvalue weighted by Gasteiger charge is -2.60. The molecule has 6 heteroatoms. The maximum absolute atomic E-state index is 11.9. The van der Waals surface area contributed by atoms with E-state index in [4.69, 9.17) is 15.1 Å². The summed E-state index contributed by atoms with van der Waals surface area (Å²) in [5.74, 6) is 2.45. The lowest BCUT2D eigenvalue weighted by molar-refractivity contribution is -0.0343. The van der Waals surface area contributed by atoms with Crippen LogP contribution in [0.15, 0.2) is 4.42 Å². The third-order valence-electron chi connectivity index (χ3n) is 5.91. The molecular formula is C17H20N4O2. The Labute approximate surface area is 133 Å². The number of furan rings is 1. The van der Waals surface area contributed by atoms with Crippen molar-refractivity contribution in [2.75, 3.05) is 5.32 Å². The molecule has 1 amide bonds. The highest BCUT2D eigenvalue weighted by Crippen LogP contribution is 2.64. The molecule has 120 valence electrons. The normalized spacial score (nSPS) is 29.7. The second-order valence-electron chi connectivity index (χ2n) is 7.92. The van der Waals surface area contributed by atoms with Crippen molar-refractivity contribution in [3.8, 4) is 0 Å². The number of aromatic nitrogens is 2. The molecule has 0 saturated heterocycles. The van der Waals surface area contributed by atoms with Crippen molar-refractivity contribution in [3.63, 3.8) is 0 Å². The minimum Gasteiger partial charge on any atom is -0.442 e. The number of primary amides is 1. The number of amides is 1. The van der Waals surface area contributed by atoms with Gasteiger partial charge in [0.2, 0.25) is 5.71 Å². The molecule has 6 rings (SSSR count). The Kier molecular flexibility index (Phi) is 2.24. The van der Waals surface area contributed by atoms with Crippen LogP contribution in [0.25, 0.3) is 11.1 Å². The number of carbonyl (C=O) groups excluding carboxylic acids is 1. The average molecular weight is 312 g/mol. The molecule has 2 aromatic heterocycles. The number of hydrogen-bond donors (Lipinski definition) is 2. The Morgan fingerprint density at radius 3 is 2.52 bits per heavy atom. The summed E-state index contributed by atoms with van der Waals surface area (Å²) in [6, 6.07) is 0. The Hall–Kier alpha value is -2.11. The van der Waals surface area contributed by atoms with Crippen molar-refractivity contribution in [2.24, 2.45) is 11.7 Å². The van der Waals surface area contributed by atoms with Crippen LogP contribution in [0.4, 0.5) is 5.82 Å². The van der Waals surface area contributed by atoms with Gasteiger partial charge in [0.1, 0.15) is 17.4 Å². The van der Waals surface area contributed by atoms with E-state index in [0.29, 0.717) is 28.2 Å². The monoisotopic (exact) mass is 312 g/mol. The highest BCUT2D eigenvalue weighted by atomic mass is 16.3. The van der Waals surface area contributed by atoms with Crippen LogP contribution in [0, 0.1) is 12.8 Å². The first kappa shape index (κ1) is 13.3. The fraction of sp³-hybridized carbons (Fsp3) is 0.588. The molecule has 2 aromatic rings. The van der Waals surface area contributed by atoms with Crippen molar-refractivity contribution in [1.82, 2.24) is 9.97 Å². The molecule has 0 unspecified atom stereocenters. The standard InChI is InChI=1S/C17H20N4O2/c1-8-10(12(18)22)11-13(21-16(2)3-4-16)19-15(20-14(11)23-8)17-5-9(6-17)7-17/h9H,3-7H2,1-2H3,(H2,18,22)(H,19,20,21). The van der Waals surface area contributed by atoms with Gasteiger partial charge in [0.15, 0.2) is 0 Å². The van der Waals surface area contributed by atoms with Crippen molar-refractivity contribution in [1.29, 1.82) is 0 Å². The quantitative estimate of drug-likeness (QED) is 0.905. The van der Waals surface area contributed by atoms with Gasteiger partial charge >= 0.3 is 0 Å². The topological polar surface area (TPSA) is 94.0 Å². The van der Waals surface area contributed by atoms with Gasteiger partial charge in [-0.05, 0) is 51.9 Å². The van der Waals surface area contributed by atoms with Crippen LogP contribution in [-0.2, 0) is 5.41 Å². The zero-order valence-electron chi connectivity index (χ0n) is 13.4. The van der Waals surface area contributed by atoms with Gasteiger partial charge in [-0.2, -0.15) is 4.98 Å². The fourth-order valence-corrected chi connectivity index (χ4v) is 4.09. The summed E-state index contributed by atoms with van der Waals surface area (Å²) in [5, 5.41) is 4.14. The molecule has 0 aromatic carbocycles. The predicted molar refractivity (Wildman–Crippen MR) is 85.3 cm³/mol. The van der Waals surface area contributed by atoms with Crippen LogP contribution >= 0.6 is 0 Å². The predicted octanol–water partition coefficient (Wildman–Crippen LogP) is 2.65. The average Bonchev–Trinajstić information content (AvgIpc) is 2.95. The molecule has 2 bridgehead atoms. The van der Waals surface area contributed by atoms with Crippen molar-refractivity contribution >= 4 is 22.8 Å². The van der Waals surface area contributed by atoms with Gasteiger partial charge in [-0.25, -0.2) is 4.98 Å². The fourth-order valence-electron chi connectivity index (χ4n) is 4.09. The summed E-state index contributed by atoms with van der Waals surface area (Å²) in [6.45, 7) is 3.92. The van der Waals surface area contributed by atoms with Crippen molar-refractivity contribution in [3.05, 3.63) is 17.1 Å². The molecule has 0 aliphatic heterocycles. The first-order valence-corrected chi connectivity index (χ1v) is 8.29. The van der Waals surface area contributed by atoms with Crippen LogP contribution in [0.5, 0.6) is 0 Å². The maximum Gasteiger partial charge on any atom is 0.253 e. The zero-order chi connectivity index (χ0) is 16.0. The van der Waals surface area contributed by atoms with Crippen LogP contribution in [-0.4, -0.2) is 21.4 Å². The van der Waals surface area contributed by atoms with E-state index in [2.05, 4.69) is 17.2 Å². The number of hydrogen-bond acceptors (Lipinski definition) is 5. The zero-order valence-corrected chi connectivity index (χ0v) is 13.4. The Morgan fingerprint density at radius 2 is 2.00 bits per heavy atom. The Bertz CT molecular complexity index is 848. The van der Waals surface area contributed by atoms with Gasteiger partial charge in [-0.15, -0.1) is 0 Å². The molecule has 0 radical (unpaired) electrons. The maximum atomic E-state index is 11.9. The molecule has 4 aliphatic carbocycles. The van der Waals surface area contributed by atoms with Crippen LogP contribution in [0.1, 0.15) is 61.0 Å². The number of aryl methyl sites for hydroxylation is 1. The molecular weight excluding hydrogens is 292 g/mol. The summed E-state index contributed by atoms with van der Waals surface area (Å²) < 4.78 is 5.77. The molecule has 4 saturated carbocycles. The van der Waals surface area contributed by atoms with E-state index < -0.39 is 5.91 Å². The van der Waals surface area contributed by atoms with E-state index in [9.17, 15) is 4.79 Å². The molecule has 4 fully saturated rings. The summed E-state index contributed by atoms with van der Waals surface area (Å²) in [6.07, 6.45) is 5.74. The minimum atomic E-state index is -0.493. The molecule has 2 heterocycles. The van der Waals surface area contributed by atoms with Crippen LogP contribution in [0.3, 0.4) is 0 Å². The summed E-state index contributed by atoms with van der Waals surface area (Å²) in [7, 11) is 0. The van der Waals surface area contributed by atoms with Gasteiger partial charge in [0, 0.05) is 11.0 Å². The van der Waals surface area contributed by atoms with Crippen LogP contribution in [0.2, 0.25) is 0 Å². The minimum absolute atomic E-state index is 0.0536. The number of rotatable bonds is 4. The smallest absolute Gasteiger partial charge is 0.253 e. The molecule has 0 spiro atoms. The van der Waals surface area contributed by atoms with Crippen LogP contribution < -0.4 is 11.1 Å². The largest absolute Gasteiger partial charge is 0.442 e. The molecule has 3 N–H and O–H groups in total. The summed E-state index contributed by atoms with van der Waals surface area (Å²) in [5.41, 5.74) is 6.64. The Morgan fingerprint density at radius 1 is 1.30 bits per heavy atom. The second kappa shape index (κ2) is 3.86. The number of carbonyl (C=O) groups is 1. The van der Waals surface area contributed by atoms with Gasteiger partial charge in [-0.1, -0.05) is 0 Å². The molecule has 23 heavy (non-hydrogen) atoms. The first-order valence-electron chi connectivity index (χ1n) is 8.29. The second-order valence-corrected chi connectivity index (χ2v) is 7.92. The number of nitrogens with one attached hydrogen (secondary N) is 1. The SMILES string of the molecule is Cc1oc2nc(C34CC(C3)C4)nc(NC3(C)CC3)c2c1C(N)=O. The lowest BCUT2D eigenvalue weighted by atomic mass is 9.44. The molecule has 4 aliphatic rings. The van der Waals surface area contributed by atoms with E-state index in [1.165, 1.54) is 19.3 Å². The van der Waals surface area contributed by atoms with E-state index >= 15 is 0 Å². The van der Waals surface area contributed by atoms with Crippen molar-refractivity contribution < 1.29 is 9.21 Å². The molecule has 0 atom stereocenters. The van der Waals surface area contributed by atoms with E-state index in [1.54, 1.807) is 6.92 Å². The highest BCUT2D eigenvalue weighted by Gasteiger charge is 2.59. The number of nitrogens with two attached hydrogens (primary N) is 1. The lowest BCUT2D eigenvalue weighted by Crippen LogP contribution is -2.56. The number of nitrogens with zero attached hydrogens (tertiary/aromatic N) is 2. The number of anilines is 1. The molecule has 6 nitrogen and oxygen atoms in total.